The quantitative estimate of drug-likeness (QED) is 0.794. The lowest BCUT2D eigenvalue weighted by atomic mass is 10.1. The first-order valence-electron chi connectivity index (χ1n) is 6.86. The average molecular weight is 331 g/mol. The second-order valence-electron chi connectivity index (χ2n) is 4.67. The van der Waals surface area contributed by atoms with Crippen molar-refractivity contribution in [3.8, 4) is 5.69 Å². The van der Waals surface area contributed by atoms with Crippen LogP contribution in [0.4, 0.5) is 0 Å². The first-order chi connectivity index (χ1) is 11.3. The highest BCUT2D eigenvalue weighted by Crippen LogP contribution is 2.16. The van der Waals surface area contributed by atoms with Crippen molar-refractivity contribution in [1.29, 1.82) is 0 Å². The van der Waals surface area contributed by atoms with Gasteiger partial charge in [-0.25, -0.2) is 14.4 Å². The molecule has 0 saturated heterocycles. The topological polar surface area (TPSA) is 123 Å². The molecule has 1 heterocycles. The minimum atomic E-state index is -1.45. The number of nitrogens with zero attached hydrogens (tertiary/aromatic N) is 1. The number of pyridine rings is 1. The van der Waals surface area contributed by atoms with E-state index in [4.69, 9.17) is 4.74 Å². The molecule has 8 heteroatoms. The molecule has 1 aromatic heterocycles. The summed E-state index contributed by atoms with van der Waals surface area (Å²) in [7, 11) is 0. The van der Waals surface area contributed by atoms with Gasteiger partial charge in [0.1, 0.15) is 11.4 Å². The van der Waals surface area contributed by atoms with Crippen molar-refractivity contribution < 1.29 is 29.3 Å². The molecule has 0 unspecified atom stereocenters. The third kappa shape index (κ3) is 3.32. The number of hydrogen-bond acceptors (Lipinski definition) is 5. The van der Waals surface area contributed by atoms with E-state index in [2.05, 4.69) is 0 Å². The molecule has 0 aliphatic carbocycles. The minimum absolute atomic E-state index is 0.179. The molecule has 0 atom stereocenters. The van der Waals surface area contributed by atoms with Gasteiger partial charge in [-0.2, -0.15) is 0 Å². The second-order valence-corrected chi connectivity index (χ2v) is 4.67. The fourth-order valence-corrected chi connectivity index (χ4v) is 2.12. The highest BCUT2D eigenvalue weighted by Gasteiger charge is 2.19. The van der Waals surface area contributed by atoms with Gasteiger partial charge < -0.3 is 14.9 Å². The van der Waals surface area contributed by atoms with Crippen LogP contribution in [-0.2, 0) is 4.74 Å². The lowest BCUT2D eigenvalue weighted by Crippen LogP contribution is -2.22. The zero-order valence-electron chi connectivity index (χ0n) is 12.6. The van der Waals surface area contributed by atoms with Gasteiger partial charge in [0.2, 0.25) is 0 Å². The highest BCUT2D eigenvalue weighted by molar-refractivity contribution is 5.92. The summed E-state index contributed by atoms with van der Waals surface area (Å²) in [6, 6.07) is 7.15. The van der Waals surface area contributed by atoms with Crippen LogP contribution in [-0.4, -0.2) is 39.3 Å². The maximum absolute atomic E-state index is 11.6. The third-order valence-electron chi connectivity index (χ3n) is 3.11. The van der Waals surface area contributed by atoms with E-state index >= 15 is 0 Å². The van der Waals surface area contributed by atoms with Crippen LogP contribution < -0.4 is 5.43 Å². The molecule has 0 aliphatic heterocycles. The van der Waals surface area contributed by atoms with Gasteiger partial charge in [-0.05, 0) is 31.2 Å². The summed E-state index contributed by atoms with van der Waals surface area (Å²) in [4.78, 5) is 45.9. The summed E-state index contributed by atoms with van der Waals surface area (Å²) in [6.07, 6.45) is 0. The maximum Gasteiger partial charge on any atom is 0.353 e. The molecule has 8 nitrogen and oxygen atoms in total. The van der Waals surface area contributed by atoms with Gasteiger partial charge >= 0.3 is 17.9 Å². The van der Waals surface area contributed by atoms with Gasteiger partial charge in [-0.1, -0.05) is 0 Å². The summed E-state index contributed by atoms with van der Waals surface area (Å²) >= 11 is 0. The number of hydrogen-bond donors (Lipinski definition) is 2. The van der Waals surface area contributed by atoms with E-state index in [1.807, 2.05) is 0 Å². The van der Waals surface area contributed by atoms with Crippen molar-refractivity contribution in [3.63, 3.8) is 0 Å². The standard InChI is InChI=1S/C16H13NO7/c1-2-24-16(23)9-3-5-10(6-4-9)17-12(14(19)20)7-11(18)8-13(17)15(21)22/h3-8H,2H2,1H3,(H,19,20)(H,21,22). The third-order valence-corrected chi connectivity index (χ3v) is 3.11. The summed E-state index contributed by atoms with van der Waals surface area (Å²) < 4.78 is 5.76. The maximum atomic E-state index is 11.6. The second kappa shape index (κ2) is 6.78. The highest BCUT2D eigenvalue weighted by atomic mass is 16.5. The Morgan fingerprint density at radius 1 is 1.00 bits per heavy atom. The summed E-state index contributed by atoms with van der Waals surface area (Å²) in [5, 5.41) is 18.5. The normalized spacial score (nSPS) is 10.2. The number of aromatic carboxylic acids is 2. The van der Waals surface area contributed by atoms with Crippen LogP contribution in [0.3, 0.4) is 0 Å². The Kier molecular flexibility index (Phi) is 4.78. The molecule has 0 radical (unpaired) electrons. The van der Waals surface area contributed by atoms with E-state index in [1.165, 1.54) is 24.3 Å². The lowest BCUT2D eigenvalue weighted by Gasteiger charge is -2.14. The molecule has 24 heavy (non-hydrogen) atoms. The van der Waals surface area contributed by atoms with Crippen molar-refractivity contribution in [2.24, 2.45) is 0 Å². The van der Waals surface area contributed by atoms with Gasteiger partial charge in [0.15, 0.2) is 5.43 Å². The molecule has 0 spiro atoms. The van der Waals surface area contributed by atoms with Crippen molar-refractivity contribution in [1.82, 2.24) is 4.57 Å². The first kappa shape index (κ1) is 16.9. The Labute approximate surface area is 135 Å². The first-order valence-corrected chi connectivity index (χ1v) is 6.86. The van der Waals surface area contributed by atoms with Gasteiger partial charge in [-0.15, -0.1) is 0 Å². The molecule has 1 aromatic carbocycles. The number of carbonyl (C=O) groups excluding carboxylic acids is 1. The number of rotatable bonds is 5. The Hall–Kier alpha value is -3.42. The molecule has 0 aliphatic rings. The Balaban J connectivity index is 2.63. The van der Waals surface area contributed by atoms with Crippen LogP contribution in [0.2, 0.25) is 0 Å². The number of benzene rings is 1. The summed E-state index contributed by atoms with van der Waals surface area (Å²) in [5.74, 6) is -3.46. The van der Waals surface area contributed by atoms with E-state index in [0.29, 0.717) is 0 Å². The van der Waals surface area contributed by atoms with E-state index < -0.39 is 34.7 Å². The molecule has 124 valence electrons. The largest absolute Gasteiger partial charge is 0.477 e. The monoisotopic (exact) mass is 331 g/mol. The number of esters is 1. The fourth-order valence-electron chi connectivity index (χ4n) is 2.12. The summed E-state index contributed by atoms with van der Waals surface area (Å²) in [6.45, 7) is 1.86. The molecular formula is C16H13NO7. The van der Waals surface area contributed by atoms with Crippen LogP contribution in [0.15, 0.2) is 41.2 Å². The minimum Gasteiger partial charge on any atom is -0.477 e. The van der Waals surface area contributed by atoms with Gasteiger partial charge in [0.25, 0.3) is 0 Å². The number of aromatic nitrogens is 1. The Bertz CT molecular complexity index is 827. The SMILES string of the molecule is CCOC(=O)c1ccc(-n2c(C(=O)O)cc(=O)cc2C(=O)O)cc1. The van der Waals surface area contributed by atoms with E-state index in [1.54, 1.807) is 6.92 Å². The zero-order valence-corrected chi connectivity index (χ0v) is 12.6. The number of carboxylic acid groups (broad SMARTS) is 2. The van der Waals surface area contributed by atoms with E-state index in [9.17, 15) is 29.4 Å². The van der Waals surface area contributed by atoms with E-state index in [-0.39, 0.29) is 17.9 Å². The summed E-state index contributed by atoms with van der Waals surface area (Å²) in [5.41, 5.74) is -1.31. The molecule has 0 bridgehead atoms. The van der Waals surface area contributed by atoms with E-state index in [0.717, 1.165) is 16.7 Å². The van der Waals surface area contributed by atoms with Crippen molar-refractivity contribution in [2.45, 2.75) is 6.92 Å². The Morgan fingerprint density at radius 2 is 1.50 bits per heavy atom. The molecule has 2 N–H and O–H groups in total. The van der Waals surface area contributed by atoms with Crippen LogP contribution >= 0.6 is 0 Å². The van der Waals surface area contributed by atoms with Crippen LogP contribution in [0.5, 0.6) is 0 Å². The predicted octanol–water partition coefficient (Wildman–Crippen LogP) is 1.41. The number of carbonyl (C=O) groups is 3. The average Bonchev–Trinajstić information content (AvgIpc) is 2.54. The molecule has 2 rings (SSSR count). The fraction of sp³-hybridized carbons (Fsp3) is 0.125. The van der Waals surface area contributed by atoms with Crippen LogP contribution in [0.25, 0.3) is 5.69 Å². The molecule has 0 fully saturated rings. The molecule has 2 aromatic rings. The number of ether oxygens (including phenoxy) is 1. The smallest absolute Gasteiger partial charge is 0.353 e. The molecule has 0 saturated carbocycles. The van der Waals surface area contributed by atoms with Gasteiger partial charge in [0, 0.05) is 17.8 Å². The van der Waals surface area contributed by atoms with Crippen molar-refractivity contribution >= 4 is 17.9 Å². The lowest BCUT2D eigenvalue weighted by molar-refractivity contribution is 0.0525. The molecule has 0 amide bonds. The van der Waals surface area contributed by atoms with Crippen molar-refractivity contribution in [3.05, 3.63) is 63.6 Å². The molecular weight excluding hydrogens is 318 g/mol. The van der Waals surface area contributed by atoms with Gasteiger partial charge in [-0.3, -0.25) is 9.36 Å². The van der Waals surface area contributed by atoms with Gasteiger partial charge in [0.05, 0.1) is 12.2 Å². The number of carboxylic acids is 2. The Morgan fingerprint density at radius 3 is 1.92 bits per heavy atom. The van der Waals surface area contributed by atoms with Crippen LogP contribution in [0.1, 0.15) is 38.3 Å². The zero-order chi connectivity index (χ0) is 17.9. The van der Waals surface area contributed by atoms with Crippen LogP contribution in [0, 0.1) is 0 Å². The predicted molar refractivity (Wildman–Crippen MR) is 81.9 cm³/mol. The van der Waals surface area contributed by atoms with Crippen molar-refractivity contribution in [2.75, 3.05) is 6.61 Å².